The molecule has 7 nitrogen and oxygen atoms in total. The summed E-state index contributed by atoms with van der Waals surface area (Å²) in [6, 6.07) is -0.105. The molecule has 0 aliphatic heterocycles. The van der Waals surface area contributed by atoms with Gasteiger partial charge in [0.15, 0.2) is 0 Å². The molecule has 0 atom stereocenters. The van der Waals surface area contributed by atoms with Crippen LogP contribution in [0.15, 0.2) is 10.3 Å². The third-order valence-electron chi connectivity index (χ3n) is 2.60. The molecule has 1 heterocycles. The molecule has 0 saturated carbocycles. The molecule has 1 amide bonds. The van der Waals surface area contributed by atoms with Gasteiger partial charge in [0, 0.05) is 13.1 Å². The van der Waals surface area contributed by atoms with Gasteiger partial charge in [-0.25, -0.2) is 13.2 Å². The highest BCUT2D eigenvalue weighted by Crippen LogP contribution is 2.28. The van der Waals surface area contributed by atoms with Crippen LogP contribution in [0.2, 0.25) is 0 Å². The molecule has 21 heavy (non-hydrogen) atoms. The van der Waals surface area contributed by atoms with Gasteiger partial charge >= 0.3 is 5.97 Å². The lowest BCUT2D eigenvalue weighted by molar-refractivity contribution is -0.121. The van der Waals surface area contributed by atoms with Crippen molar-refractivity contribution in [3.63, 3.8) is 0 Å². The fourth-order valence-corrected chi connectivity index (χ4v) is 4.41. The quantitative estimate of drug-likeness (QED) is 0.804. The third kappa shape index (κ3) is 4.02. The minimum atomic E-state index is -4.03. The predicted octanol–water partition coefficient (Wildman–Crippen LogP) is 0.900. The molecule has 9 heteroatoms. The monoisotopic (exact) mass is 334 g/mol. The summed E-state index contributed by atoms with van der Waals surface area (Å²) in [7, 11) is -2.78. The molecule has 1 aromatic heterocycles. The number of aromatic carboxylic acids is 1. The number of sulfonamides is 1. The number of rotatable bonds is 6. The molecule has 0 aromatic carbocycles. The summed E-state index contributed by atoms with van der Waals surface area (Å²) in [5.41, 5.74) is 0.355. The van der Waals surface area contributed by atoms with Crippen molar-refractivity contribution in [3.8, 4) is 0 Å². The fourth-order valence-electron chi connectivity index (χ4n) is 1.71. The van der Waals surface area contributed by atoms with Gasteiger partial charge in [-0.1, -0.05) is 0 Å². The van der Waals surface area contributed by atoms with Crippen molar-refractivity contribution >= 4 is 33.2 Å². The lowest BCUT2D eigenvalue weighted by Gasteiger charge is -2.18. The van der Waals surface area contributed by atoms with E-state index in [1.807, 2.05) is 0 Å². The second-order valence-corrected chi connectivity index (χ2v) is 7.73. The van der Waals surface area contributed by atoms with Crippen molar-refractivity contribution in [2.24, 2.45) is 0 Å². The number of hydrogen-bond acceptors (Lipinski definition) is 5. The van der Waals surface area contributed by atoms with Crippen molar-refractivity contribution in [2.75, 3.05) is 13.6 Å². The molecule has 2 N–H and O–H groups in total. The van der Waals surface area contributed by atoms with Gasteiger partial charge in [0.2, 0.25) is 15.9 Å². The van der Waals surface area contributed by atoms with Gasteiger partial charge in [0.05, 0.1) is 6.54 Å². The smallest absolute Gasteiger partial charge is 0.347 e. The van der Waals surface area contributed by atoms with E-state index in [4.69, 9.17) is 5.11 Å². The first-order chi connectivity index (χ1) is 9.57. The van der Waals surface area contributed by atoms with Crippen LogP contribution in [0.4, 0.5) is 0 Å². The van der Waals surface area contributed by atoms with E-state index in [0.29, 0.717) is 5.56 Å². The van der Waals surface area contributed by atoms with E-state index in [1.54, 1.807) is 13.8 Å². The molecular formula is C12H18N2O5S2. The van der Waals surface area contributed by atoms with Crippen molar-refractivity contribution < 1.29 is 23.1 Å². The first-order valence-corrected chi connectivity index (χ1v) is 8.46. The highest BCUT2D eigenvalue weighted by Gasteiger charge is 2.31. The van der Waals surface area contributed by atoms with Gasteiger partial charge in [0.25, 0.3) is 0 Å². The summed E-state index contributed by atoms with van der Waals surface area (Å²) in [5, 5.41) is 13.1. The van der Waals surface area contributed by atoms with E-state index in [2.05, 4.69) is 5.32 Å². The van der Waals surface area contributed by atoms with Crippen LogP contribution in [0, 0.1) is 6.92 Å². The largest absolute Gasteiger partial charge is 0.477 e. The topological polar surface area (TPSA) is 104 Å². The Balaban J connectivity index is 3.09. The van der Waals surface area contributed by atoms with Crippen LogP contribution >= 0.6 is 11.3 Å². The summed E-state index contributed by atoms with van der Waals surface area (Å²) < 4.78 is 25.8. The molecule has 0 fully saturated rings. The predicted molar refractivity (Wildman–Crippen MR) is 79.1 cm³/mol. The van der Waals surface area contributed by atoms with Gasteiger partial charge in [-0.05, 0) is 31.7 Å². The minimum Gasteiger partial charge on any atom is -0.477 e. The van der Waals surface area contributed by atoms with Crippen LogP contribution in [0.25, 0.3) is 0 Å². The van der Waals surface area contributed by atoms with Crippen molar-refractivity contribution in [2.45, 2.75) is 31.7 Å². The Hall–Kier alpha value is -1.45. The van der Waals surface area contributed by atoms with E-state index < -0.39 is 21.9 Å². The fraction of sp³-hybridized carbons (Fsp3) is 0.500. The number of aryl methyl sites for hydroxylation is 1. The summed E-state index contributed by atoms with van der Waals surface area (Å²) in [5.74, 6) is -1.74. The number of amides is 1. The Bertz CT molecular complexity index is 649. The second-order valence-electron chi connectivity index (χ2n) is 4.87. The average Bonchev–Trinajstić information content (AvgIpc) is 2.70. The Morgan fingerprint density at radius 2 is 2.00 bits per heavy atom. The van der Waals surface area contributed by atoms with Crippen LogP contribution < -0.4 is 5.32 Å². The highest BCUT2D eigenvalue weighted by atomic mass is 32.2. The lowest BCUT2D eigenvalue weighted by Crippen LogP contribution is -2.41. The average molecular weight is 334 g/mol. The van der Waals surface area contributed by atoms with Crippen molar-refractivity contribution in [1.82, 2.24) is 9.62 Å². The van der Waals surface area contributed by atoms with Crippen LogP contribution in [0.1, 0.15) is 29.1 Å². The first kappa shape index (κ1) is 17.6. The summed E-state index contributed by atoms with van der Waals surface area (Å²) in [6.45, 7) is 4.68. The van der Waals surface area contributed by atoms with Crippen LogP contribution in [0.5, 0.6) is 0 Å². The van der Waals surface area contributed by atoms with E-state index in [1.165, 1.54) is 19.4 Å². The molecular weight excluding hydrogens is 316 g/mol. The number of carboxylic acids is 1. The van der Waals surface area contributed by atoms with E-state index in [9.17, 15) is 18.0 Å². The third-order valence-corrected chi connectivity index (χ3v) is 5.80. The number of carboxylic acid groups (broad SMARTS) is 1. The first-order valence-electron chi connectivity index (χ1n) is 6.14. The Labute approximate surface area is 127 Å². The van der Waals surface area contributed by atoms with Gasteiger partial charge in [-0.15, -0.1) is 11.3 Å². The van der Waals surface area contributed by atoms with Gasteiger partial charge in [-0.3, -0.25) is 4.79 Å². The standard InChI is InChI=1S/C12H18N2O5S2/c1-7(2)13-9(15)5-14(4)21(18,19)11-8(3)6-20-10(11)12(16)17/h6-7H,5H2,1-4H3,(H,13,15)(H,16,17). The maximum atomic E-state index is 12.4. The molecule has 0 spiro atoms. The van der Waals surface area contributed by atoms with E-state index in [0.717, 1.165) is 15.6 Å². The number of carbonyl (C=O) groups is 2. The maximum Gasteiger partial charge on any atom is 0.347 e. The Morgan fingerprint density at radius 1 is 1.43 bits per heavy atom. The number of nitrogens with zero attached hydrogens (tertiary/aromatic N) is 1. The molecule has 0 aliphatic carbocycles. The number of carbonyl (C=O) groups excluding carboxylic acids is 1. The normalized spacial score (nSPS) is 11.9. The van der Waals surface area contributed by atoms with Gasteiger partial charge in [0.1, 0.15) is 9.77 Å². The molecule has 0 radical (unpaired) electrons. The molecule has 0 saturated heterocycles. The number of hydrogen-bond donors (Lipinski definition) is 2. The van der Waals surface area contributed by atoms with Crippen LogP contribution in [-0.4, -0.2) is 49.3 Å². The number of nitrogens with one attached hydrogen (secondary N) is 1. The van der Waals surface area contributed by atoms with Crippen LogP contribution in [-0.2, 0) is 14.8 Å². The SMILES string of the molecule is Cc1csc(C(=O)O)c1S(=O)(=O)N(C)CC(=O)NC(C)C. The van der Waals surface area contributed by atoms with Gasteiger partial charge in [-0.2, -0.15) is 4.31 Å². The molecule has 0 bridgehead atoms. The Kier molecular flexibility index (Phi) is 5.48. The van der Waals surface area contributed by atoms with E-state index >= 15 is 0 Å². The molecule has 0 aliphatic rings. The zero-order chi connectivity index (χ0) is 16.4. The van der Waals surface area contributed by atoms with Crippen molar-refractivity contribution in [3.05, 3.63) is 15.8 Å². The Morgan fingerprint density at radius 3 is 2.48 bits per heavy atom. The molecule has 0 unspecified atom stereocenters. The minimum absolute atomic E-state index is 0.105. The highest BCUT2D eigenvalue weighted by molar-refractivity contribution is 7.89. The summed E-state index contributed by atoms with van der Waals surface area (Å²) in [6.07, 6.45) is 0. The lowest BCUT2D eigenvalue weighted by atomic mass is 10.3. The summed E-state index contributed by atoms with van der Waals surface area (Å²) >= 11 is 0.852. The van der Waals surface area contributed by atoms with Gasteiger partial charge < -0.3 is 10.4 Å². The van der Waals surface area contributed by atoms with E-state index in [-0.39, 0.29) is 22.4 Å². The van der Waals surface area contributed by atoms with Crippen LogP contribution in [0.3, 0.4) is 0 Å². The molecule has 118 valence electrons. The molecule has 1 rings (SSSR count). The second kappa shape index (κ2) is 6.54. The summed E-state index contributed by atoms with van der Waals surface area (Å²) in [4.78, 5) is 22.3. The number of likely N-dealkylation sites (N-methyl/N-ethyl adjacent to an activating group) is 1. The number of thiophene rings is 1. The maximum absolute atomic E-state index is 12.4. The zero-order valence-electron chi connectivity index (χ0n) is 12.2. The molecule has 1 aromatic rings. The van der Waals surface area contributed by atoms with Crippen molar-refractivity contribution in [1.29, 1.82) is 0 Å². The zero-order valence-corrected chi connectivity index (χ0v) is 13.8.